The molecule has 2 aromatic heterocycles. The van der Waals surface area contributed by atoms with Gasteiger partial charge in [0, 0.05) is 21.8 Å². The van der Waals surface area contributed by atoms with Crippen LogP contribution in [0.3, 0.4) is 0 Å². The Morgan fingerprint density at radius 2 is 2.03 bits per heavy atom. The Morgan fingerprint density at radius 1 is 1.31 bits per heavy atom. The summed E-state index contributed by atoms with van der Waals surface area (Å²) < 4.78 is 7.26. The van der Waals surface area contributed by atoms with Gasteiger partial charge in [-0.15, -0.1) is 0 Å². The van der Waals surface area contributed by atoms with Crippen molar-refractivity contribution in [3.05, 3.63) is 50.3 Å². The van der Waals surface area contributed by atoms with Gasteiger partial charge < -0.3 is 10.1 Å². The third-order valence-corrected chi connectivity index (χ3v) is 4.75. The fourth-order valence-electron chi connectivity index (χ4n) is 2.85. The zero-order chi connectivity index (χ0) is 21.3. The first kappa shape index (κ1) is 21.3. The fourth-order valence-corrected chi connectivity index (χ4v) is 3.37. The van der Waals surface area contributed by atoms with Gasteiger partial charge in [0.15, 0.2) is 5.65 Å². The van der Waals surface area contributed by atoms with Crippen LogP contribution in [0.1, 0.15) is 20.8 Å². The van der Waals surface area contributed by atoms with E-state index in [1.54, 1.807) is 30.5 Å². The van der Waals surface area contributed by atoms with Gasteiger partial charge >= 0.3 is 0 Å². The molecule has 1 aromatic carbocycles. The predicted octanol–water partition coefficient (Wildman–Crippen LogP) is 3.80. The van der Waals surface area contributed by atoms with Gasteiger partial charge in [0.2, 0.25) is 5.91 Å². The summed E-state index contributed by atoms with van der Waals surface area (Å²) in [6, 6.07) is 6.69. The van der Waals surface area contributed by atoms with E-state index in [-0.39, 0.29) is 23.7 Å². The van der Waals surface area contributed by atoms with E-state index in [0.29, 0.717) is 32.0 Å². The smallest absolute Gasteiger partial charge is 0.263 e. The minimum Gasteiger partial charge on any atom is -0.495 e. The largest absolute Gasteiger partial charge is 0.495 e. The SMILES string of the molecule is COc1cc(-c2nc3ncc(Br)cc3c(=O)n2CC(=O)NC(C)(C)C)ccc1Cl. The van der Waals surface area contributed by atoms with Crippen molar-refractivity contribution < 1.29 is 9.53 Å². The Labute approximate surface area is 181 Å². The average Bonchev–Trinajstić information content (AvgIpc) is 2.63. The molecule has 29 heavy (non-hydrogen) atoms. The van der Waals surface area contributed by atoms with Crippen LogP contribution in [-0.4, -0.2) is 33.1 Å². The lowest BCUT2D eigenvalue weighted by Crippen LogP contribution is -2.43. The number of ether oxygens (including phenoxy) is 1. The number of carbonyl (C=O) groups excluding carboxylic acids is 1. The normalized spacial score (nSPS) is 11.5. The summed E-state index contributed by atoms with van der Waals surface area (Å²) in [5.74, 6) is 0.440. The molecule has 0 aliphatic carbocycles. The van der Waals surface area contributed by atoms with E-state index in [2.05, 4.69) is 31.2 Å². The van der Waals surface area contributed by atoms with E-state index in [4.69, 9.17) is 16.3 Å². The van der Waals surface area contributed by atoms with Gasteiger partial charge in [-0.3, -0.25) is 14.2 Å². The minimum atomic E-state index is -0.431. The third-order valence-electron chi connectivity index (χ3n) is 4.00. The summed E-state index contributed by atoms with van der Waals surface area (Å²) in [6.07, 6.45) is 1.57. The maximum atomic E-state index is 13.2. The monoisotopic (exact) mass is 478 g/mol. The van der Waals surface area contributed by atoms with Crippen LogP contribution in [0.4, 0.5) is 0 Å². The molecule has 1 amide bonds. The summed E-state index contributed by atoms with van der Waals surface area (Å²) in [6.45, 7) is 5.43. The lowest BCUT2D eigenvalue weighted by Gasteiger charge is -2.21. The van der Waals surface area contributed by atoms with Crippen molar-refractivity contribution in [1.29, 1.82) is 0 Å². The maximum absolute atomic E-state index is 13.2. The number of aromatic nitrogens is 3. The van der Waals surface area contributed by atoms with Gasteiger partial charge in [-0.25, -0.2) is 9.97 Å². The van der Waals surface area contributed by atoms with E-state index >= 15 is 0 Å². The highest BCUT2D eigenvalue weighted by molar-refractivity contribution is 9.10. The number of hydrogen-bond donors (Lipinski definition) is 1. The summed E-state index contributed by atoms with van der Waals surface area (Å²) in [5.41, 5.74) is 0.0732. The summed E-state index contributed by atoms with van der Waals surface area (Å²) >= 11 is 9.45. The molecule has 0 radical (unpaired) electrons. The van der Waals surface area contributed by atoms with Crippen LogP contribution in [0.25, 0.3) is 22.4 Å². The number of carbonyl (C=O) groups is 1. The molecule has 9 heteroatoms. The molecule has 152 valence electrons. The highest BCUT2D eigenvalue weighted by atomic mass is 79.9. The van der Waals surface area contributed by atoms with E-state index in [9.17, 15) is 9.59 Å². The molecule has 0 atom stereocenters. The van der Waals surface area contributed by atoms with Crippen LogP contribution < -0.4 is 15.6 Å². The van der Waals surface area contributed by atoms with Crippen LogP contribution in [0.5, 0.6) is 5.75 Å². The lowest BCUT2D eigenvalue weighted by atomic mass is 10.1. The van der Waals surface area contributed by atoms with Crippen LogP contribution in [0.2, 0.25) is 5.02 Å². The number of nitrogens with zero attached hydrogens (tertiary/aromatic N) is 3. The van der Waals surface area contributed by atoms with Gasteiger partial charge in [0.25, 0.3) is 5.56 Å². The molecule has 0 unspecified atom stereocenters. The molecule has 3 rings (SSSR count). The quantitative estimate of drug-likeness (QED) is 0.615. The molecule has 3 aromatic rings. The Bertz CT molecular complexity index is 1150. The van der Waals surface area contributed by atoms with E-state index in [1.165, 1.54) is 11.7 Å². The summed E-state index contributed by atoms with van der Waals surface area (Å²) in [7, 11) is 1.50. The van der Waals surface area contributed by atoms with E-state index in [1.807, 2.05) is 20.8 Å². The molecule has 0 bridgehead atoms. The zero-order valence-electron chi connectivity index (χ0n) is 16.4. The number of rotatable bonds is 4. The lowest BCUT2D eigenvalue weighted by molar-refractivity contribution is -0.123. The van der Waals surface area contributed by atoms with E-state index in [0.717, 1.165) is 0 Å². The van der Waals surface area contributed by atoms with Crippen molar-refractivity contribution in [2.75, 3.05) is 7.11 Å². The summed E-state index contributed by atoms with van der Waals surface area (Å²) in [5, 5.41) is 3.61. The van der Waals surface area contributed by atoms with Crippen molar-refractivity contribution >= 4 is 44.5 Å². The topological polar surface area (TPSA) is 86.1 Å². The average molecular weight is 480 g/mol. The molecular formula is C20H20BrClN4O3. The van der Waals surface area contributed by atoms with Gasteiger partial charge in [-0.05, 0) is 61.0 Å². The first-order valence-electron chi connectivity index (χ1n) is 8.80. The number of halogens is 2. The third kappa shape index (κ3) is 4.76. The predicted molar refractivity (Wildman–Crippen MR) is 116 cm³/mol. The molecular weight excluding hydrogens is 460 g/mol. The highest BCUT2D eigenvalue weighted by Crippen LogP contribution is 2.30. The van der Waals surface area contributed by atoms with E-state index < -0.39 is 5.54 Å². The second kappa shape index (κ2) is 8.12. The first-order valence-corrected chi connectivity index (χ1v) is 9.97. The van der Waals surface area contributed by atoms with Crippen LogP contribution >= 0.6 is 27.5 Å². The number of hydrogen-bond acceptors (Lipinski definition) is 5. The zero-order valence-corrected chi connectivity index (χ0v) is 18.8. The van der Waals surface area contributed by atoms with Crippen molar-refractivity contribution in [2.45, 2.75) is 32.9 Å². The second-order valence-corrected chi connectivity index (χ2v) is 8.82. The molecule has 2 heterocycles. The molecule has 0 aliphatic heterocycles. The number of amides is 1. The van der Waals surface area contributed by atoms with Crippen LogP contribution in [-0.2, 0) is 11.3 Å². The number of nitrogens with one attached hydrogen (secondary N) is 1. The van der Waals surface area contributed by atoms with Crippen molar-refractivity contribution in [3.8, 4) is 17.1 Å². The highest BCUT2D eigenvalue weighted by Gasteiger charge is 2.20. The van der Waals surface area contributed by atoms with Gasteiger partial charge in [-0.1, -0.05) is 11.6 Å². The molecule has 7 nitrogen and oxygen atoms in total. The molecule has 0 aliphatic rings. The van der Waals surface area contributed by atoms with Crippen molar-refractivity contribution in [2.24, 2.45) is 0 Å². The standard InChI is InChI=1S/C20H20BrClN4O3/c1-20(2,3)25-16(27)10-26-18(11-5-6-14(22)15(7-11)29-4)24-17-13(19(26)28)8-12(21)9-23-17/h5-9H,10H2,1-4H3,(H,25,27). The molecule has 0 saturated carbocycles. The molecule has 0 saturated heterocycles. The Morgan fingerprint density at radius 3 is 2.69 bits per heavy atom. The Balaban J connectivity index is 2.23. The van der Waals surface area contributed by atoms with Crippen molar-refractivity contribution in [1.82, 2.24) is 19.9 Å². The van der Waals surface area contributed by atoms with Crippen LogP contribution in [0.15, 0.2) is 39.7 Å². The molecule has 0 spiro atoms. The van der Waals surface area contributed by atoms with Crippen molar-refractivity contribution in [3.63, 3.8) is 0 Å². The number of benzene rings is 1. The number of methoxy groups -OCH3 is 1. The summed E-state index contributed by atoms with van der Waals surface area (Å²) in [4.78, 5) is 34.6. The molecule has 1 N–H and O–H groups in total. The maximum Gasteiger partial charge on any atom is 0.263 e. The fraction of sp³-hybridized carbons (Fsp3) is 0.300. The Hall–Kier alpha value is -2.45. The Kier molecular flexibility index (Phi) is 5.95. The minimum absolute atomic E-state index is 0.189. The van der Waals surface area contributed by atoms with Gasteiger partial charge in [0.05, 0.1) is 17.5 Å². The van der Waals surface area contributed by atoms with Gasteiger partial charge in [0.1, 0.15) is 18.1 Å². The van der Waals surface area contributed by atoms with Crippen LogP contribution in [0, 0.1) is 0 Å². The number of pyridine rings is 1. The first-order chi connectivity index (χ1) is 13.6. The van der Waals surface area contributed by atoms with Gasteiger partial charge in [-0.2, -0.15) is 0 Å². The second-order valence-electron chi connectivity index (χ2n) is 7.50. The molecule has 0 fully saturated rings. The number of fused-ring (bicyclic) bond motifs is 1.